The Morgan fingerprint density at radius 1 is 0.973 bits per heavy atom. The number of alkyl halides is 5. The van der Waals surface area contributed by atoms with Gasteiger partial charge in [-0.2, -0.15) is 41.6 Å². The monoisotopic (exact) mass is 537 g/mol. The largest absolute Gasteiger partial charge is 0.451 e. The molecule has 3 aromatic rings. The van der Waals surface area contributed by atoms with Crippen LogP contribution in [0.1, 0.15) is 43.6 Å². The Balaban J connectivity index is 0.00000320. The average molecular weight is 538 g/mol. The first kappa shape index (κ1) is 26.4. The minimum atomic E-state index is -4.78. The van der Waals surface area contributed by atoms with Gasteiger partial charge in [-0.3, -0.25) is 4.98 Å². The van der Waals surface area contributed by atoms with Crippen molar-refractivity contribution in [3.63, 3.8) is 0 Å². The molecule has 0 amide bonds. The maximum Gasteiger partial charge on any atom is 0.451 e. The quantitative estimate of drug-likeness (QED) is 0.330. The zero-order valence-corrected chi connectivity index (χ0v) is 20.0. The second kappa shape index (κ2) is 9.66. The molecule has 0 aromatic carbocycles. The highest BCUT2D eigenvalue weighted by Gasteiger charge is 2.54. The van der Waals surface area contributed by atoms with Gasteiger partial charge in [-0.15, -0.1) is 0 Å². The van der Waals surface area contributed by atoms with Gasteiger partial charge < -0.3 is 15.5 Å². The number of rotatable bonds is 6. The van der Waals surface area contributed by atoms with Crippen LogP contribution in [-0.2, 0) is 11.7 Å². The minimum absolute atomic E-state index is 0. The fourth-order valence-electron chi connectivity index (χ4n) is 3.92. The molecule has 2 saturated carbocycles. The van der Waals surface area contributed by atoms with E-state index in [0.717, 1.165) is 6.20 Å². The third-order valence-corrected chi connectivity index (χ3v) is 5.94. The van der Waals surface area contributed by atoms with E-state index in [4.69, 9.17) is 6.57 Å². The van der Waals surface area contributed by atoms with Gasteiger partial charge in [-0.1, -0.05) is 0 Å². The van der Waals surface area contributed by atoms with E-state index in [1.165, 1.54) is 12.3 Å². The van der Waals surface area contributed by atoms with E-state index >= 15 is 0 Å². The van der Waals surface area contributed by atoms with Crippen LogP contribution in [0.3, 0.4) is 0 Å². The highest BCUT2D eigenvalue weighted by molar-refractivity contribution is 7.59. The maximum absolute atomic E-state index is 13.7. The van der Waals surface area contributed by atoms with Crippen molar-refractivity contribution in [3.05, 3.63) is 53.5 Å². The number of halogens is 5. The summed E-state index contributed by atoms with van der Waals surface area (Å²) in [5.74, 6) is -4.54. The van der Waals surface area contributed by atoms with E-state index in [0.29, 0.717) is 24.2 Å². The van der Waals surface area contributed by atoms with Crippen molar-refractivity contribution in [2.75, 3.05) is 10.6 Å². The van der Waals surface area contributed by atoms with Crippen molar-refractivity contribution in [3.8, 4) is 11.5 Å². The molecular formula is C22H20F5N9S. The van der Waals surface area contributed by atoms with Crippen molar-refractivity contribution in [1.29, 1.82) is 0 Å². The molecule has 37 heavy (non-hydrogen) atoms. The van der Waals surface area contributed by atoms with Crippen LogP contribution in [0.15, 0.2) is 30.6 Å². The number of nitrogens with one attached hydrogen (secondary N) is 2. The Hall–Kier alpha value is -3.67. The van der Waals surface area contributed by atoms with Crippen LogP contribution in [0.2, 0.25) is 0 Å². The molecule has 2 fully saturated rings. The summed E-state index contributed by atoms with van der Waals surface area (Å²) >= 11 is 0. The molecule has 15 heteroatoms. The molecule has 194 valence electrons. The van der Waals surface area contributed by atoms with E-state index in [2.05, 4.69) is 45.4 Å². The Bertz CT molecular complexity index is 1340. The van der Waals surface area contributed by atoms with Gasteiger partial charge in [0, 0.05) is 49.8 Å². The predicted molar refractivity (Wildman–Crippen MR) is 127 cm³/mol. The number of anilines is 3. The van der Waals surface area contributed by atoms with Gasteiger partial charge in [0.15, 0.2) is 5.82 Å². The summed E-state index contributed by atoms with van der Waals surface area (Å²) in [6.07, 6.45) is -1.49. The lowest BCUT2D eigenvalue weighted by Gasteiger charge is -2.15. The second-order valence-corrected chi connectivity index (χ2v) is 8.71. The molecule has 0 spiro atoms. The van der Waals surface area contributed by atoms with Crippen molar-refractivity contribution in [2.45, 2.75) is 55.8 Å². The molecule has 9 nitrogen and oxygen atoms in total. The fourth-order valence-corrected chi connectivity index (χ4v) is 3.92. The number of aromatic nitrogens is 6. The second-order valence-electron chi connectivity index (χ2n) is 8.71. The Labute approximate surface area is 214 Å². The number of pyridine rings is 1. The lowest BCUT2D eigenvalue weighted by molar-refractivity contribution is -0.144. The number of nitrogens with zero attached hydrogens (tertiary/aromatic N) is 7. The molecule has 5 rings (SSSR count). The van der Waals surface area contributed by atoms with Crippen molar-refractivity contribution in [2.24, 2.45) is 0 Å². The molecule has 0 unspecified atom stereocenters. The first-order valence-corrected chi connectivity index (χ1v) is 11.0. The number of hydrogen-bond donors (Lipinski definition) is 2. The molecule has 0 saturated heterocycles. The summed E-state index contributed by atoms with van der Waals surface area (Å²) in [7, 11) is 0. The number of hydrogen-bond acceptors (Lipinski definition) is 8. The summed E-state index contributed by atoms with van der Waals surface area (Å²) in [6.45, 7) is 7.42. The molecule has 0 radical (unpaired) electrons. The first-order valence-electron chi connectivity index (χ1n) is 11.0. The van der Waals surface area contributed by atoms with E-state index in [-0.39, 0.29) is 49.8 Å². The van der Waals surface area contributed by atoms with Crippen LogP contribution in [0.5, 0.6) is 0 Å². The first-order chi connectivity index (χ1) is 17.1. The summed E-state index contributed by atoms with van der Waals surface area (Å²) in [6, 6.07) is 3.87. The van der Waals surface area contributed by atoms with Crippen molar-refractivity contribution < 1.29 is 22.0 Å². The van der Waals surface area contributed by atoms with Crippen LogP contribution in [0.25, 0.3) is 16.4 Å². The van der Waals surface area contributed by atoms with Crippen molar-refractivity contribution in [1.82, 2.24) is 29.9 Å². The van der Waals surface area contributed by atoms with E-state index in [1.54, 1.807) is 12.1 Å². The smallest absolute Gasteiger partial charge is 0.351 e. The predicted octanol–water partition coefficient (Wildman–Crippen LogP) is 5.11. The van der Waals surface area contributed by atoms with Gasteiger partial charge in [0.2, 0.25) is 23.6 Å². The summed E-state index contributed by atoms with van der Waals surface area (Å²) in [5.41, 5.74) is 0.193. The zero-order valence-electron chi connectivity index (χ0n) is 19.0. The SMILES string of the molecule is S.[C-]#[N+]C1(c2cc(Nc3nc(N[C@H]4CCC(F)(F)C4)nc(-c4ccnc(C(F)(F)F)n4)n3)ccn2)CC1. The van der Waals surface area contributed by atoms with Gasteiger partial charge in [0.1, 0.15) is 11.4 Å². The van der Waals surface area contributed by atoms with Crippen LogP contribution in [-0.4, -0.2) is 41.9 Å². The Morgan fingerprint density at radius 2 is 1.70 bits per heavy atom. The molecular weight excluding hydrogens is 517 g/mol. The van der Waals surface area contributed by atoms with E-state index < -0.39 is 35.9 Å². The van der Waals surface area contributed by atoms with Gasteiger partial charge in [-0.05, 0) is 24.6 Å². The highest BCUT2D eigenvalue weighted by atomic mass is 32.1. The topological polar surface area (TPSA) is 106 Å². The highest BCUT2D eigenvalue weighted by Crippen LogP contribution is 2.49. The molecule has 0 bridgehead atoms. The lowest BCUT2D eigenvalue weighted by Crippen LogP contribution is -2.21. The molecule has 2 aliphatic carbocycles. The standard InChI is InChI=1S/C22H18F5N9.H2S/c1-28-20(6-7-20)15-10-12(3-8-29-15)31-18-34-16(14-4-9-30-17(33-14)22(25,26)27)35-19(36-18)32-13-2-5-21(23,24)11-13;/h3-4,8-10,13H,2,5-7,11H2,(H2,29,31,32,34,35,36);1H2/t13-;/m0./s1. The molecule has 0 aliphatic heterocycles. The van der Waals surface area contributed by atoms with Crippen LogP contribution in [0.4, 0.5) is 39.5 Å². The molecule has 3 aromatic heterocycles. The van der Waals surface area contributed by atoms with Gasteiger partial charge in [0.25, 0.3) is 5.54 Å². The van der Waals surface area contributed by atoms with E-state index in [1.807, 2.05) is 0 Å². The van der Waals surface area contributed by atoms with E-state index in [9.17, 15) is 22.0 Å². The van der Waals surface area contributed by atoms with Crippen LogP contribution >= 0.6 is 13.5 Å². The van der Waals surface area contributed by atoms with Crippen LogP contribution in [0, 0.1) is 6.57 Å². The molecule has 1 atom stereocenters. The summed E-state index contributed by atoms with van der Waals surface area (Å²) in [5, 5.41) is 5.78. The Kier molecular flexibility index (Phi) is 6.89. The lowest BCUT2D eigenvalue weighted by atomic mass is 10.1. The Morgan fingerprint density at radius 3 is 2.35 bits per heavy atom. The van der Waals surface area contributed by atoms with Gasteiger partial charge in [0.05, 0.1) is 0 Å². The third kappa shape index (κ3) is 5.85. The fraction of sp³-hybridized carbons (Fsp3) is 0.409. The third-order valence-electron chi connectivity index (χ3n) is 5.94. The average Bonchev–Trinajstić information content (AvgIpc) is 3.56. The van der Waals surface area contributed by atoms with Crippen molar-refractivity contribution >= 4 is 31.1 Å². The summed E-state index contributed by atoms with van der Waals surface area (Å²) < 4.78 is 66.8. The van der Waals surface area contributed by atoms with Gasteiger partial charge in [-0.25, -0.2) is 25.3 Å². The maximum atomic E-state index is 13.7. The van der Waals surface area contributed by atoms with Gasteiger partial charge >= 0.3 is 6.18 Å². The van der Waals surface area contributed by atoms with Crippen LogP contribution < -0.4 is 10.6 Å². The minimum Gasteiger partial charge on any atom is -0.351 e. The summed E-state index contributed by atoms with van der Waals surface area (Å²) in [4.78, 5) is 27.2. The zero-order chi connectivity index (χ0) is 25.6. The molecule has 2 N–H and O–H groups in total. The normalized spacial score (nSPS) is 19.4. The molecule has 3 heterocycles. The molecule has 2 aliphatic rings.